The highest BCUT2D eigenvalue weighted by molar-refractivity contribution is 6.99. The molecule has 0 saturated carbocycles. The maximum Gasteiger partial charge on any atom is 0.338 e. The molecular formula is C48H62O6Si2. The van der Waals surface area contributed by atoms with Gasteiger partial charge in [-0.3, -0.25) is 0 Å². The van der Waals surface area contributed by atoms with Gasteiger partial charge in [-0.25, -0.2) is 9.59 Å². The monoisotopic (exact) mass is 790 g/mol. The van der Waals surface area contributed by atoms with Crippen LogP contribution in [0.15, 0.2) is 146 Å². The zero-order chi connectivity index (χ0) is 40.7. The van der Waals surface area contributed by atoms with Crippen molar-refractivity contribution in [2.45, 2.75) is 103 Å². The predicted octanol–water partition coefficient (Wildman–Crippen LogP) is 10.7. The molecule has 0 N–H and O–H groups in total. The Labute approximate surface area is 338 Å². The van der Waals surface area contributed by atoms with E-state index in [0.717, 1.165) is 6.42 Å². The molecule has 4 aromatic carbocycles. The Morgan fingerprint density at radius 2 is 0.893 bits per heavy atom. The Hall–Kier alpha value is -4.35. The smallest absolute Gasteiger partial charge is 0.338 e. The second-order valence-electron chi connectivity index (χ2n) is 16.8. The third-order valence-corrected chi connectivity index (χ3v) is 20.1. The molecule has 298 valence electrons. The summed E-state index contributed by atoms with van der Waals surface area (Å²) >= 11 is 0. The van der Waals surface area contributed by atoms with Crippen LogP contribution in [0.3, 0.4) is 0 Å². The van der Waals surface area contributed by atoms with Gasteiger partial charge in [0.2, 0.25) is 0 Å². The maximum absolute atomic E-state index is 13.3. The summed E-state index contributed by atoms with van der Waals surface area (Å²) in [4.78, 5) is 26.3. The normalized spacial score (nSPS) is 13.8. The second-order valence-corrected chi connectivity index (χ2v) is 25.9. The molecule has 8 heteroatoms. The molecule has 6 nitrogen and oxygen atoms in total. The van der Waals surface area contributed by atoms with Gasteiger partial charge in [0.1, 0.15) is 12.2 Å². The van der Waals surface area contributed by atoms with Gasteiger partial charge in [-0.2, -0.15) is 0 Å². The van der Waals surface area contributed by atoms with Crippen LogP contribution in [0.2, 0.25) is 23.2 Å². The van der Waals surface area contributed by atoms with Crippen molar-refractivity contribution in [1.29, 1.82) is 0 Å². The number of esters is 2. The van der Waals surface area contributed by atoms with E-state index in [1.807, 2.05) is 72.8 Å². The van der Waals surface area contributed by atoms with Gasteiger partial charge >= 0.3 is 11.9 Å². The molecule has 0 aromatic heterocycles. The summed E-state index contributed by atoms with van der Waals surface area (Å²) in [6.45, 7) is 19.1. The number of carbonyl (C=O) groups excluding carboxylic acids is 2. The molecule has 0 aliphatic heterocycles. The maximum atomic E-state index is 13.3. The summed E-state index contributed by atoms with van der Waals surface area (Å²) in [5, 5.41) is 2.43. The van der Waals surface area contributed by atoms with Gasteiger partial charge < -0.3 is 18.3 Å². The first kappa shape index (κ1) is 44.4. The van der Waals surface area contributed by atoms with E-state index in [2.05, 4.69) is 103 Å². The second kappa shape index (κ2) is 20.7. The molecule has 0 amide bonds. The zero-order valence-corrected chi connectivity index (χ0v) is 36.7. The fourth-order valence-electron chi connectivity index (χ4n) is 6.42. The third-order valence-electron chi connectivity index (χ3n) is 10.6. The van der Waals surface area contributed by atoms with Gasteiger partial charge in [0.15, 0.2) is 8.32 Å². The van der Waals surface area contributed by atoms with E-state index in [4.69, 9.17) is 18.3 Å². The molecule has 0 spiro atoms. The lowest BCUT2D eigenvalue weighted by Crippen LogP contribution is -2.66. The lowest BCUT2D eigenvalue weighted by atomic mass is 10.1. The van der Waals surface area contributed by atoms with E-state index < -0.39 is 28.8 Å². The van der Waals surface area contributed by atoms with Crippen molar-refractivity contribution in [3.05, 3.63) is 157 Å². The van der Waals surface area contributed by atoms with Crippen LogP contribution < -0.4 is 10.4 Å². The van der Waals surface area contributed by atoms with Gasteiger partial charge in [-0.1, -0.05) is 151 Å². The van der Waals surface area contributed by atoms with Crippen molar-refractivity contribution in [3.8, 4) is 0 Å². The first-order chi connectivity index (χ1) is 26.6. The van der Waals surface area contributed by atoms with Crippen molar-refractivity contribution in [2.75, 3.05) is 13.2 Å². The molecular weight excluding hydrogens is 729 g/mol. The molecule has 2 atom stereocenters. The van der Waals surface area contributed by atoms with Crippen LogP contribution in [0.5, 0.6) is 0 Å². The van der Waals surface area contributed by atoms with Crippen LogP contribution in [-0.4, -0.2) is 54.0 Å². The highest BCUT2D eigenvalue weighted by Gasteiger charge is 2.50. The number of allylic oxidation sites excluding steroid dienone is 2. The third kappa shape index (κ3) is 12.6. The molecule has 0 heterocycles. The fourth-order valence-corrected chi connectivity index (χ4v) is 12.1. The molecule has 0 saturated heterocycles. The number of hydrogen-bond donors (Lipinski definition) is 0. The fraction of sp³-hybridized carbons (Fsp3) is 0.375. The molecule has 0 bridgehead atoms. The van der Waals surface area contributed by atoms with Gasteiger partial charge in [-0.15, -0.1) is 0 Å². The van der Waals surface area contributed by atoms with Gasteiger partial charge in [-0.05, 0) is 95.6 Å². The predicted molar refractivity (Wildman–Crippen MR) is 235 cm³/mol. The summed E-state index contributed by atoms with van der Waals surface area (Å²) in [6.07, 6.45) is 9.19. The van der Waals surface area contributed by atoms with Gasteiger partial charge in [0, 0.05) is 13.2 Å². The summed E-state index contributed by atoms with van der Waals surface area (Å²) in [7, 11) is -4.60. The number of rotatable bonds is 19. The van der Waals surface area contributed by atoms with Crippen LogP contribution in [-0.2, 0) is 18.3 Å². The Bertz CT molecular complexity index is 1790. The van der Waals surface area contributed by atoms with Crippen LogP contribution in [0.25, 0.3) is 0 Å². The number of benzene rings is 4. The number of ether oxygens (including phenoxy) is 2. The lowest BCUT2D eigenvalue weighted by Gasteiger charge is -2.43. The quantitative estimate of drug-likeness (QED) is 0.0408. The minimum atomic E-state index is -2.71. The van der Waals surface area contributed by atoms with Gasteiger partial charge in [0.05, 0.1) is 11.1 Å². The summed E-state index contributed by atoms with van der Waals surface area (Å²) < 4.78 is 25.6. The molecule has 0 radical (unpaired) electrons. The minimum absolute atomic E-state index is 0.116. The van der Waals surface area contributed by atoms with E-state index in [0.29, 0.717) is 43.6 Å². The first-order valence-electron chi connectivity index (χ1n) is 19.9. The Kier molecular flexibility index (Phi) is 16.4. The number of hydrogen-bond acceptors (Lipinski definition) is 6. The van der Waals surface area contributed by atoms with Crippen LogP contribution >= 0.6 is 0 Å². The van der Waals surface area contributed by atoms with E-state index in [9.17, 15) is 9.59 Å². The van der Waals surface area contributed by atoms with Crippen molar-refractivity contribution in [2.24, 2.45) is 0 Å². The molecule has 2 unspecified atom stereocenters. The number of carbonyl (C=O) groups is 2. The van der Waals surface area contributed by atoms with E-state index in [1.54, 1.807) is 24.3 Å². The summed E-state index contributed by atoms with van der Waals surface area (Å²) in [5.74, 6) is -0.751. The molecule has 56 heavy (non-hydrogen) atoms. The average Bonchev–Trinajstić information content (AvgIpc) is 3.18. The van der Waals surface area contributed by atoms with Crippen molar-refractivity contribution in [1.82, 2.24) is 0 Å². The van der Waals surface area contributed by atoms with Crippen LogP contribution in [0, 0.1) is 0 Å². The van der Waals surface area contributed by atoms with Crippen molar-refractivity contribution < 1.29 is 27.9 Å². The Morgan fingerprint density at radius 1 is 0.536 bits per heavy atom. The molecule has 4 rings (SSSR count). The zero-order valence-electron chi connectivity index (χ0n) is 34.7. The molecule has 4 aromatic rings. The average molecular weight is 791 g/mol. The Balaban J connectivity index is 1.50. The minimum Gasteiger partial charge on any atom is -0.455 e. The van der Waals surface area contributed by atoms with Crippen LogP contribution in [0.1, 0.15) is 87.9 Å². The highest BCUT2D eigenvalue weighted by atomic mass is 28.4. The topological polar surface area (TPSA) is 71.1 Å². The molecule has 0 fully saturated rings. The van der Waals surface area contributed by atoms with Crippen molar-refractivity contribution in [3.63, 3.8) is 0 Å². The SMILES string of the molecule is CC(C)(C)[Si](C)(C)OCCCC(/C=C\C=C/C(CCCO[Si](c1ccccc1)(c1ccccc1)C(C)(C)C)OC(=O)c1ccccc1)OC(=O)c1ccccc1. The van der Waals surface area contributed by atoms with Gasteiger partial charge in [0.25, 0.3) is 8.32 Å². The van der Waals surface area contributed by atoms with E-state index in [-0.39, 0.29) is 22.0 Å². The first-order valence-corrected chi connectivity index (χ1v) is 24.7. The Morgan fingerprint density at radius 3 is 1.25 bits per heavy atom. The van der Waals surface area contributed by atoms with E-state index >= 15 is 0 Å². The largest absolute Gasteiger partial charge is 0.455 e. The summed E-state index contributed by atoms with van der Waals surface area (Å²) in [5.41, 5.74) is 1.00. The lowest BCUT2D eigenvalue weighted by molar-refractivity contribution is 0.0358. The standard InChI is InChI=1S/C48H62O6Si2/c1-47(2,3)55(7,8)51-37-23-31-41(53-45(49)39-25-13-9-14-26-39)29-21-22-30-42(54-46(50)40-27-15-10-16-28-40)32-24-38-52-56(48(4,5)6,43-33-17-11-18-34-43)44-35-19-12-20-36-44/h9-22,25-30,33-36,41-42H,23-24,31-32,37-38H2,1-8H3/b29-21-,30-22-. The summed E-state index contributed by atoms with van der Waals surface area (Å²) in [6, 6.07) is 39.3. The molecule has 0 aliphatic rings. The highest BCUT2D eigenvalue weighted by Crippen LogP contribution is 2.38. The van der Waals surface area contributed by atoms with Crippen molar-refractivity contribution >= 4 is 38.9 Å². The van der Waals surface area contributed by atoms with Crippen LogP contribution in [0.4, 0.5) is 0 Å². The van der Waals surface area contributed by atoms with E-state index in [1.165, 1.54) is 10.4 Å². The molecule has 0 aliphatic carbocycles.